The maximum absolute atomic E-state index is 12.1. The predicted octanol–water partition coefficient (Wildman–Crippen LogP) is 2.42. The number of aryl methyl sites for hydroxylation is 2. The van der Waals surface area contributed by atoms with Gasteiger partial charge in [-0.3, -0.25) is 9.48 Å². The molecule has 0 spiro atoms. The Morgan fingerprint density at radius 1 is 1.47 bits per heavy atom. The van der Waals surface area contributed by atoms with Gasteiger partial charge in [0.25, 0.3) is 5.91 Å². The number of aromatic nitrogens is 3. The van der Waals surface area contributed by atoms with E-state index >= 15 is 0 Å². The second-order valence-electron chi connectivity index (χ2n) is 4.75. The quantitative estimate of drug-likeness (QED) is 0.936. The van der Waals surface area contributed by atoms with Crippen molar-refractivity contribution in [3.63, 3.8) is 0 Å². The van der Waals surface area contributed by atoms with Gasteiger partial charge in [0.1, 0.15) is 6.04 Å². The summed E-state index contributed by atoms with van der Waals surface area (Å²) in [6, 6.07) is 1.49. The van der Waals surface area contributed by atoms with Crippen LogP contribution in [0.2, 0.25) is 0 Å². The molecule has 0 radical (unpaired) electrons. The summed E-state index contributed by atoms with van der Waals surface area (Å²) in [5.41, 5.74) is 1.17. The average molecular weight is 276 g/mol. The summed E-state index contributed by atoms with van der Waals surface area (Å²) in [6.45, 7) is 1.83. The van der Waals surface area contributed by atoms with Gasteiger partial charge in [0, 0.05) is 17.3 Å². The summed E-state index contributed by atoms with van der Waals surface area (Å²) < 4.78 is 1.64. The van der Waals surface area contributed by atoms with Gasteiger partial charge in [-0.15, -0.1) is 11.3 Å². The van der Waals surface area contributed by atoms with E-state index in [1.165, 1.54) is 23.4 Å². The minimum Gasteiger partial charge on any atom is -0.300 e. The Labute approximate surface area is 115 Å². The smallest absolute Gasteiger partial charge is 0.250 e. The third-order valence-corrected chi connectivity index (χ3v) is 4.45. The van der Waals surface area contributed by atoms with E-state index in [0.717, 1.165) is 18.0 Å². The molecule has 1 aliphatic carbocycles. The Bertz CT molecular complexity index is 552. The lowest BCUT2D eigenvalue weighted by atomic mass is 10.0. The Kier molecular flexibility index (Phi) is 3.33. The molecule has 3 rings (SSSR count). The molecule has 0 saturated heterocycles. The number of amides is 1. The first kappa shape index (κ1) is 12.3. The molecule has 0 unspecified atom stereocenters. The Balaban J connectivity index is 1.71. The molecule has 1 amide bonds. The first-order valence-electron chi connectivity index (χ1n) is 6.52. The van der Waals surface area contributed by atoms with Crippen molar-refractivity contribution < 1.29 is 4.79 Å². The van der Waals surface area contributed by atoms with Crippen molar-refractivity contribution >= 4 is 22.4 Å². The molecule has 0 saturated carbocycles. The first-order chi connectivity index (χ1) is 9.24. The second-order valence-corrected chi connectivity index (χ2v) is 5.83. The highest BCUT2D eigenvalue weighted by molar-refractivity contribution is 7.15. The Hall–Kier alpha value is -1.69. The van der Waals surface area contributed by atoms with Crippen LogP contribution in [0.25, 0.3) is 0 Å². The fourth-order valence-corrected chi connectivity index (χ4v) is 3.30. The molecule has 2 heterocycles. The van der Waals surface area contributed by atoms with Gasteiger partial charge in [0.05, 0.1) is 5.69 Å². The summed E-state index contributed by atoms with van der Waals surface area (Å²) in [4.78, 5) is 18.0. The van der Waals surface area contributed by atoms with Gasteiger partial charge in [-0.1, -0.05) is 0 Å². The molecule has 0 bridgehead atoms. The largest absolute Gasteiger partial charge is 0.300 e. The number of hydrogen-bond acceptors (Lipinski definition) is 4. The van der Waals surface area contributed by atoms with Crippen LogP contribution in [0.15, 0.2) is 18.5 Å². The average Bonchev–Trinajstić information content (AvgIpc) is 3.06. The standard InChI is InChI=1S/C13H16N4OS/c1-9(17-8-4-7-14-17)12(18)16-13-15-10-5-2-3-6-11(10)19-13/h4,7-9H,2-3,5-6H2,1H3,(H,15,16,18)/t9-/m0/s1. The molecule has 5 nitrogen and oxygen atoms in total. The number of anilines is 1. The fraction of sp³-hybridized carbons (Fsp3) is 0.462. The van der Waals surface area contributed by atoms with Crippen LogP contribution < -0.4 is 5.32 Å². The van der Waals surface area contributed by atoms with Crippen LogP contribution >= 0.6 is 11.3 Å². The highest BCUT2D eigenvalue weighted by Gasteiger charge is 2.19. The molecule has 1 N–H and O–H groups in total. The summed E-state index contributed by atoms with van der Waals surface area (Å²) in [5.74, 6) is -0.0743. The van der Waals surface area contributed by atoms with Crippen molar-refractivity contribution in [1.29, 1.82) is 0 Å². The lowest BCUT2D eigenvalue weighted by molar-refractivity contribution is -0.119. The van der Waals surface area contributed by atoms with Gasteiger partial charge in [-0.05, 0) is 38.7 Å². The normalized spacial score (nSPS) is 15.8. The first-order valence-corrected chi connectivity index (χ1v) is 7.34. The molecule has 1 atom stereocenters. The molecule has 6 heteroatoms. The van der Waals surface area contributed by atoms with E-state index in [9.17, 15) is 4.79 Å². The summed E-state index contributed by atoms with van der Waals surface area (Å²) >= 11 is 1.61. The van der Waals surface area contributed by atoms with Crippen LogP contribution in [0, 0.1) is 0 Å². The number of carbonyl (C=O) groups excluding carboxylic acids is 1. The topological polar surface area (TPSA) is 59.8 Å². The van der Waals surface area contributed by atoms with E-state index in [1.54, 1.807) is 28.4 Å². The van der Waals surface area contributed by atoms with Gasteiger partial charge in [-0.2, -0.15) is 5.10 Å². The van der Waals surface area contributed by atoms with Crippen molar-refractivity contribution in [2.75, 3.05) is 5.32 Å². The number of nitrogens with one attached hydrogen (secondary N) is 1. The van der Waals surface area contributed by atoms with E-state index in [2.05, 4.69) is 15.4 Å². The zero-order valence-corrected chi connectivity index (χ0v) is 11.6. The number of hydrogen-bond donors (Lipinski definition) is 1. The Morgan fingerprint density at radius 3 is 3.05 bits per heavy atom. The highest BCUT2D eigenvalue weighted by Crippen LogP contribution is 2.29. The molecule has 2 aromatic rings. The van der Waals surface area contributed by atoms with Gasteiger partial charge >= 0.3 is 0 Å². The predicted molar refractivity (Wildman–Crippen MR) is 74.3 cm³/mol. The van der Waals surface area contributed by atoms with Crippen LogP contribution in [0.5, 0.6) is 0 Å². The number of carbonyl (C=O) groups is 1. The number of thiazole rings is 1. The fourth-order valence-electron chi connectivity index (χ4n) is 2.25. The SMILES string of the molecule is C[C@@H](C(=O)Nc1nc2c(s1)CCCC2)n1cccn1. The molecule has 1 aliphatic rings. The van der Waals surface area contributed by atoms with E-state index in [-0.39, 0.29) is 11.9 Å². The monoisotopic (exact) mass is 276 g/mol. The maximum Gasteiger partial charge on any atom is 0.250 e. The van der Waals surface area contributed by atoms with E-state index < -0.39 is 0 Å². The molecular weight excluding hydrogens is 260 g/mol. The highest BCUT2D eigenvalue weighted by atomic mass is 32.1. The molecule has 2 aromatic heterocycles. The van der Waals surface area contributed by atoms with Crippen LogP contribution in [0.1, 0.15) is 36.4 Å². The Morgan fingerprint density at radius 2 is 2.32 bits per heavy atom. The molecule has 0 aliphatic heterocycles. The minimum absolute atomic E-state index is 0.0743. The van der Waals surface area contributed by atoms with Crippen molar-refractivity contribution in [3.8, 4) is 0 Å². The molecule has 0 aromatic carbocycles. The van der Waals surface area contributed by atoms with Gasteiger partial charge in [-0.25, -0.2) is 4.98 Å². The lowest BCUT2D eigenvalue weighted by Gasteiger charge is -2.10. The zero-order valence-electron chi connectivity index (χ0n) is 10.8. The zero-order chi connectivity index (χ0) is 13.2. The summed E-state index contributed by atoms with van der Waals surface area (Å²) in [7, 11) is 0. The number of nitrogens with zero attached hydrogens (tertiary/aromatic N) is 3. The number of rotatable bonds is 3. The second kappa shape index (κ2) is 5.13. The van der Waals surface area contributed by atoms with Crippen LogP contribution in [-0.2, 0) is 17.6 Å². The summed E-state index contributed by atoms with van der Waals surface area (Å²) in [6.07, 6.45) is 8.02. The van der Waals surface area contributed by atoms with Gasteiger partial charge in [0.15, 0.2) is 5.13 Å². The maximum atomic E-state index is 12.1. The van der Waals surface area contributed by atoms with Gasteiger partial charge < -0.3 is 5.32 Å². The summed E-state index contributed by atoms with van der Waals surface area (Å²) in [5, 5.41) is 7.70. The van der Waals surface area contributed by atoms with Crippen LogP contribution in [0.3, 0.4) is 0 Å². The molecular formula is C13H16N4OS. The van der Waals surface area contributed by atoms with Crippen molar-refractivity contribution in [3.05, 3.63) is 29.0 Å². The van der Waals surface area contributed by atoms with Crippen molar-refractivity contribution in [1.82, 2.24) is 14.8 Å². The van der Waals surface area contributed by atoms with Gasteiger partial charge in [0.2, 0.25) is 0 Å². The third-order valence-electron chi connectivity index (χ3n) is 3.38. The van der Waals surface area contributed by atoms with Crippen LogP contribution in [-0.4, -0.2) is 20.7 Å². The molecule has 19 heavy (non-hydrogen) atoms. The van der Waals surface area contributed by atoms with Crippen LogP contribution in [0.4, 0.5) is 5.13 Å². The third kappa shape index (κ3) is 2.53. The van der Waals surface area contributed by atoms with E-state index in [0.29, 0.717) is 0 Å². The van der Waals surface area contributed by atoms with E-state index in [1.807, 2.05) is 13.0 Å². The number of fused-ring (bicyclic) bond motifs is 1. The van der Waals surface area contributed by atoms with Crippen molar-refractivity contribution in [2.24, 2.45) is 0 Å². The minimum atomic E-state index is -0.323. The molecule has 0 fully saturated rings. The molecule has 100 valence electrons. The lowest BCUT2D eigenvalue weighted by Crippen LogP contribution is -2.23. The van der Waals surface area contributed by atoms with Crippen molar-refractivity contribution in [2.45, 2.75) is 38.6 Å². The van der Waals surface area contributed by atoms with E-state index in [4.69, 9.17) is 0 Å².